The number of thioether (sulfide) groups is 1. The molecule has 0 aliphatic heterocycles. The maximum absolute atomic E-state index is 13.3. The van der Waals surface area contributed by atoms with Gasteiger partial charge >= 0.3 is 0 Å². The zero-order valence-electron chi connectivity index (χ0n) is 14.1. The van der Waals surface area contributed by atoms with Crippen LogP contribution in [-0.4, -0.2) is 24.5 Å². The van der Waals surface area contributed by atoms with E-state index in [2.05, 4.69) is 25.3 Å². The van der Waals surface area contributed by atoms with Gasteiger partial charge in [-0.25, -0.2) is 8.78 Å². The summed E-state index contributed by atoms with van der Waals surface area (Å²) in [6, 6.07) is 4.87. The van der Waals surface area contributed by atoms with Gasteiger partial charge in [-0.15, -0.1) is 0 Å². The van der Waals surface area contributed by atoms with Gasteiger partial charge in [0.25, 0.3) is 5.92 Å². The van der Waals surface area contributed by atoms with E-state index in [0.717, 1.165) is 54.8 Å². The molecule has 0 saturated heterocycles. The summed E-state index contributed by atoms with van der Waals surface area (Å²) in [5.74, 6) is -2.79. The highest BCUT2D eigenvalue weighted by molar-refractivity contribution is 8.03. The number of halogens is 2. The first kappa shape index (κ1) is 19.2. The van der Waals surface area contributed by atoms with E-state index in [0.29, 0.717) is 0 Å². The SMILES string of the molecule is C=C(CN(CCC)CCC)Sc1ccc(C(C)(F)F)cc1C. The third-order valence-electron chi connectivity index (χ3n) is 3.42. The van der Waals surface area contributed by atoms with Gasteiger partial charge in [0.1, 0.15) is 0 Å². The van der Waals surface area contributed by atoms with Crippen LogP contribution in [0.25, 0.3) is 0 Å². The molecule has 1 aromatic rings. The molecule has 0 fully saturated rings. The van der Waals surface area contributed by atoms with Crippen molar-refractivity contribution in [1.82, 2.24) is 4.90 Å². The van der Waals surface area contributed by atoms with Gasteiger partial charge in [0.2, 0.25) is 0 Å². The van der Waals surface area contributed by atoms with Crippen molar-refractivity contribution in [2.24, 2.45) is 0 Å². The molecule has 0 atom stereocenters. The number of alkyl halides is 2. The molecule has 0 amide bonds. The van der Waals surface area contributed by atoms with E-state index in [1.54, 1.807) is 23.9 Å². The Kier molecular flexibility index (Phi) is 7.57. The van der Waals surface area contributed by atoms with E-state index in [1.807, 2.05) is 6.92 Å². The third kappa shape index (κ3) is 6.09. The van der Waals surface area contributed by atoms with E-state index in [-0.39, 0.29) is 5.56 Å². The number of hydrogen-bond acceptors (Lipinski definition) is 2. The summed E-state index contributed by atoms with van der Waals surface area (Å²) in [6.07, 6.45) is 2.24. The van der Waals surface area contributed by atoms with Crippen LogP contribution in [0.4, 0.5) is 8.78 Å². The van der Waals surface area contributed by atoms with Gasteiger partial charge in [0, 0.05) is 23.9 Å². The number of hydrogen-bond donors (Lipinski definition) is 0. The fourth-order valence-corrected chi connectivity index (χ4v) is 3.29. The molecular formula is C18H27F2NS. The van der Waals surface area contributed by atoms with Crippen molar-refractivity contribution in [2.75, 3.05) is 19.6 Å². The molecule has 4 heteroatoms. The van der Waals surface area contributed by atoms with E-state index >= 15 is 0 Å². The average molecular weight is 327 g/mol. The highest BCUT2D eigenvalue weighted by atomic mass is 32.2. The minimum atomic E-state index is -2.79. The Morgan fingerprint density at radius 3 is 2.27 bits per heavy atom. The van der Waals surface area contributed by atoms with E-state index < -0.39 is 5.92 Å². The molecule has 1 rings (SSSR count). The molecule has 124 valence electrons. The smallest absolute Gasteiger partial charge is 0.270 e. The lowest BCUT2D eigenvalue weighted by Gasteiger charge is -2.22. The van der Waals surface area contributed by atoms with E-state index in [1.165, 1.54) is 6.07 Å². The topological polar surface area (TPSA) is 3.24 Å². The van der Waals surface area contributed by atoms with Gasteiger partial charge < -0.3 is 0 Å². The van der Waals surface area contributed by atoms with Crippen molar-refractivity contribution in [3.63, 3.8) is 0 Å². The van der Waals surface area contributed by atoms with Crippen molar-refractivity contribution in [2.45, 2.75) is 51.4 Å². The molecule has 0 heterocycles. The summed E-state index contributed by atoms with van der Waals surface area (Å²) >= 11 is 1.59. The summed E-state index contributed by atoms with van der Waals surface area (Å²) in [6.45, 7) is 14.3. The van der Waals surface area contributed by atoms with Crippen LogP contribution in [-0.2, 0) is 5.92 Å². The molecule has 0 bridgehead atoms. The molecule has 1 nitrogen and oxygen atoms in total. The minimum absolute atomic E-state index is 0.0681. The minimum Gasteiger partial charge on any atom is -0.299 e. The van der Waals surface area contributed by atoms with E-state index in [4.69, 9.17) is 0 Å². The van der Waals surface area contributed by atoms with Crippen molar-refractivity contribution in [3.8, 4) is 0 Å². The molecule has 0 spiro atoms. The largest absolute Gasteiger partial charge is 0.299 e. The van der Waals surface area contributed by atoms with Crippen LogP contribution in [0.2, 0.25) is 0 Å². The number of rotatable bonds is 9. The third-order valence-corrected chi connectivity index (χ3v) is 4.51. The number of benzene rings is 1. The van der Waals surface area contributed by atoms with Crippen LogP contribution < -0.4 is 0 Å². The van der Waals surface area contributed by atoms with Crippen LogP contribution in [0.5, 0.6) is 0 Å². The second kappa shape index (κ2) is 8.68. The zero-order chi connectivity index (χ0) is 16.8. The maximum atomic E-state index is 13.3. The van der Waals surface area contributed by atoms with Crippen molar-refractivity contribution >= 4 is 11.8 Å². The first-order valence-corrected chi connectivity index (χ1v) is 8.66. The van der Waals surface area contributed by atoms with Crippen LogP contribution in [0.1, 0.15) is 44.7 Å². The van der Waals surface area contributed by atoms with E-state index in [9.17, 15) is 8.78 Å². The molecule has 0 radical (unpaired) electrons. The van der Waals surface area contributed by atoms with Gasteiger partial charge in [-0.05, 0) is 55.5 Å². The summed E-state index contributed by atoms with van der Waals surface area (Å²) < 4.78 is 26.7. The Balaban J connectivity index is 2.72. The molecule has 0 aliphatic rings. The number of nitrogens with zero attached hydrogens (tertiary/aromatic N) is 1. The number of aryl methyl sites for hydroxylation is 1. The highest BCUT2D eigenvalue weighted by Gasteiger charge is 2.24. The van der Waals surface area contributed by atoms with Crippen LogP contribution >= 0.6 is 11.8 Å². The van der Waals surface area contributed by atoms with Gasteiger partial charge in [0.05, 0.1) is 0 Å². The maximum Gasteiger partial charge on any atom is 0.270 e. The lowest BCUT2D eigenvalue weighted by Crippen LogP contribution is -2.26. The average Bonchev–Trinajstić information content (AvgIpc) is 2.40. The Bertz CT molecular complexity index is 488. The molecule has 22 heavy (non-hydrogen) atoms. The lowest BCUT2D eigenvalue weighted by atomic mass is 10.1. The summed E-state index contributed by atoms with van der Waals surface area (Å²) in [5.41, 5.74) is 0.946. The Labute approximate surface area is 137 Å². The normalized spacial score (nSPS) is 12.0. The summed E-state index contributed by atoms with van der Waals surface area (Å²) in [4.78, 5) is 4.45. The van der Waals surface area contributed by atoms with Gasteiger partial charge in [0.15, 0.2) is 0 Å². The summed E-state index contributed by atoms with van der Waals surface area (Å²) in [5, 5.41) is 0. The quantitative estimate of drug-likeness (QED) is 0.525. The monoisotopic (exact) mass is 327 g/mol. The highest BCUT2D eigenvalue weighted by Crippen LogP contribution is 2.33. The zero-order valence-corrected chi connectivity index (χ0v) is 14.9. The Morgan fingerprint density at radius 1 is 1.23 bits per heavy atom. The Morgan fingerprint density at radius 2 is 1.82 bits per heavy atom. The van der Waals surface area contributed by atoms with Gasteiger partial charge in [-0.2, -0.15) is 0 Å². The van der Waals surface area contributed by atoms with Crippen LogP contribution in [0, 0.1) is 6.92 Å². The Hall–Kier alpha value is -0.870. The fraction of sp³-hybridized carbons (Fsp3) is 0.556. The predicted molar refractivity (Wildman–Crippen MR) is 92.8 cm³/mol. The van der Waals surface area contributed by atoms with Crippen molar-refractivity contribution in [1.29, 1.82) is 0 Å². The molecular weight excluding hydrogens is 300 g/mol. The second-order valence-corrected chi connectivity index (χ2v) is 7.01. The molecule has 1 aromatic carbocycles. The van der Waals surface area contributed by atoms with Crippen LogP contribution in [0.3, 0.4) is 0 Å². The first-order chi connectivity index (χ1) is 10.3. The standard InChI is InChI=1S/C18H27F2NS/c1-6-10-21(11-7-2)13-15(4)22-17-9-8-16(12-14(17)3)18(5,19)20/h8-9,12H,4,6-7,10-11,13H2,1-3,5H3. The van der Waals surface area contributed by atoms with Crippen LogP contribution in [0.15, 0.2) is 34.6 Å². The van der Waals surface area contributed by atoms with Gasteiger partial charge in [-0.3, -0.25) is 4.90 Å². The second-order valence-electron chi connectivity index (χ2n) is 5.79. The van der Waals surface area contributed by atoms with Gasteiger partial charge in [-0.1, -0.05) is 38.3 Å². The van der Waals surface area contributed by atoms with Crippen molar-refractivity contribution in [3.05, 3.63) is 40.8 Å². The molecule has 0 N–H and O–H groups in total. The fourth-order valence-electron chi connectivity index (χ4n) is 2.38. The summed E-state index contributed by atoms with van der Waals surface area (Å²) in [7, 11) is 0. The molecule has 0 unspecified atom stereocenters. The van der Waals surface area contributed by atoms with Crippen molar-refractivity contribution < 1.29 is 8.78 Å². The lowest BCUT2D eigenvalue weighted by molar-refractivity contribution is 0.0173. The predicted octanol–water partition coefficient (Wildman–Crippen LogP) is 5.83. The first-order valence-electron chi connectivity index (χ1n) is 7.84. The molecule has 0 aliphatic carbocycles. The molecule has 0 aromatic heterocycles. The molecule has 0 saturated carbocycles.